The van der Waals surface area contributed by atoms with E-state index < -0.39 is 5.97 Å². The van der Waals surface area contributed by atoms with E-state index in [1.807, 2.05) is 24.3 Å². The monoisotopic (exact) mass is 393 g/mol. The molecular formula is C13H7BrCl3NO2. The average molecular weight is 395 g/mol. The Morgan fingerprint density at radius 2 is 2.00 bits per heavy atom. The summed E-state index contributed by atoms with van der Waals surface area (Å²) in [6.45, 7) is 0.108. The first kappa shape index (κ1) is 15.6. The van der Waals surface area contributed by atoms with Crippen LogP contribution in [0.3, 0.4) is 0 Å². The van der Waals surface area contributed by atoms with Gasteiger partial charge in [0.1, 0.15) is 6.61 Å². The summed E-state index contributed by atoms with van der Waals surface area (Å²) in [7, 11) is 0. The second kappa shape index (κ2) is 6.76. The van der Waals surface area contributed by atoms with Crippen LogP contribution < -0.4 is 0 Å². The number of aromatic nitrogens is 1. The van der Waals surface area contributed by atoms with Crippen molar-refractivity contribution in [1.82, 2.24) is 4.98 Å². The van der Waals surface area contributed by atoms with Crippen LogP contribution in [-0.2, 0) is 11.3 Å². The number of esters is 1. The molecule has 0 saturated carbocycles. The molecule has 0 aliphatic heterocycles. The molecule has 0 aliphatic carbocycles. The zero-order valence-corrected chi connectivity index (χ0v) is 13.7. The number of carbonyl (C=O) groups is 1. The molecule has 1 heterocycles. The molecule has 0 saturated heterocycles. The summed E-state index contributed by atoms with van der Waals surface area (Å²) in [6, 6.07) is 7.40. The second-order valence-corrected chi connectivity index (χ2v) is 5.87. The Kier molecular flexibility index (Phi) is 5.27. The Morgan fingerprint density at radius 1 is 1.25 bits per heavy atom. The van der Waals surface area contributed by atoms with Crippen LogP contribution in [0, 0.1) is 0 Å². The SMILES string of the molecule is O=C(OCc1cccc(Br)c1)c1ncc(Cl)c(Cl)c1Cl. The van der Waals surface area contributed by atoms with Crippen molar-refractivity contribution in [2.24, 2.45) is 0 Å². The fourth-order valence-corrected chi connectivity index (χ4v) is 2.43. The summed E-state index contributed by atoms with van der Waals surface area (Å²) < 4.78 is 6.04. The molecule has 0 N–H and O–H groups in total. The molecule has 1 aromatic carbocycles. The maximum Gasteiger partial charge on any atom is 0.358 e. The van der Waals surface area contributed by atoms with E-state index in [0.29, 0.717) is 0 Å². The van der Waals surface area contributed by atoms with Crippen molar-refractivity contribution in [1.29, 1.82) is 0 Å². The summed E-state index contributed by atoms with van der Waals surface area (Å²) in [6.07, 6.45) is 1.26. The van der Waals surface area contributed by atoms with Gasteiger partial charge in [0, 0.05) is 10.7 Å². The predicted molar refractivity (Wildman–Crippen MR) is 82.5 cm³/mol. The minimum absolute atomic E-state index is 0.0154. The molecule has 0 unspecified atom stereocenters. The Balaban J connectivity index is 2.11. The van der Waals surface area contributed by atoms with Gasteiger partial charge >= 0.3 is 5.97 Å². The van der Waals surface area contributed by atoms with Gasteiger partial charge in [0.15, 0.2) is 5.69 Å². The van der Waals surface area contributed by atoms with Crippen molar-refractivity contribution in [3.8, 4) is 0 Å². The largest absolute Gasteiger partial charge is 0.456 e. The van der Waals surface area contributed by atoms with Crippen molar-refractivity contribution in [3.63, 3.8) is 0 Å². The number of pyridine rings is 1. The molecule has 0 amide bonds. The molecule has 0 spiro atoms. The first-order valence-corrected chi connectivity index (χ1v) is 7.33. The number of ether oxygens (including phenoxy) is 1. The first-order chi connectivity index (χ1) is 9.49. The van der Waals surface area contributed by atoms with Gasteiger partial charge in [-0.1, -0.05) is 62.9 Å². The number of nitrogens with zero attached hydrogens (tertiary/aromatic N) is 1. The smallest absolute Gasteiger partial charge is 0.358 e. The van der Waals surface area contributed by atoms with Crippen molar-refractivity contribution >= 4 is 56.7 Å². The van der Waals surface area contributed by atoms with E-state index in [2.05, 4.69) is 20.9 Å². The maximum absolute atomic E-state index is 11.9. The lowest BCUT2D eigenvalue weighted by molar-refractivity contribution is 0.0466. The molecule has 104 valence electrons. The lowest BCUT2D eigenvalue weighted by Crippen LogP contribution is -2.08. The summed E-state index contributed by atoms with van der Waals surface area (Å²) in [5, 5.41) is 0.247. The highest BCUT2D eigenvalue weighted by Gasteiger charge is 2.18. The third kappa shape index (κ3) is 3.64. The molecule has 20 heavy (non-hydrogen) atoms. The summed E-state index contributed by atoms with van der Waals surface area (Å²) in [5.41, 5.74) is 0.778. The molecule has 0 fully saturated rings. The van der Waals surface area contributed by atoms with E-state index in [0.717, 1.165) is 10.0 Å². The third-order valence-corrected chi connectivity index (χ3v) is 4.10. The predicted octanol–water partition coefficient (Wildman–Crippen LogP) is 5.16. The summed E-state index contributed by atoms with van der Waals surface area (Å²) in [5.74, 6) is -0.659. The summed E-state index contributed by atoms with van der Waals surface area (Å²) in [4.78, 5) is 15.7. The average Bonchev–Trinajstić information content (AvgIpc) is 2.42. The fraction of sp³-hybridized carbons (Fsp3) is 0.0769. The molecule has 0 bridgehead atoms. The number of rotatable bonds is 3. The normalized spacial score (nSPS) is 10.4. The van der Waals surface area contributed by atoms with E-state index in [1.165, 1.54) is 6.20 Å². The highest BCUT2D eigenvalue weighted by atomic mass is 79.9. The Morgan fingerprint density at radius 3 is 2.70 bits per heavy atom. The zero-order valence-electron chi connectivity index (χ0n) is 9.87. The minimum Gasteiger partial charge on any atom is -0.456 e. The fourth-order valence-electron chi connectivity index (χ4n) is 1.43. The molecule has 0 radical (unpaired) electrons. The number of carbonyl (C=O) groups excluding carboxylic acids is 1. The van der Waals surface area contributed by atoms with Crippen LogP contribution >= 0.6 is 50.7 Å². The lowest BCUT2D eigenvalue weighted by Gasteiger charge is -2.07. The van der Waals surface area contributed by atoms with Gasteiger partial charge in [-0.05, 0) is 17.7 Å². The second-order valence-electron chi connectivity index (χ2n) is 3.79. The Labute approximate surface area is 138 Å². The van der Waals surface area contributed by atoms with Gasteiger partial charge in [-0.25, -0.2) is 9.78 Å². The Bertz CT molecular complexity index is 664. The zero-order chi connectivity index (χ0) is 14.7. The van der Waals surface area contributed by atoms with Crippen LogP contribution in [0.4, 0.5) is 0 Å². The Hall–Kier alpha value is -0.810. The van der Waals surface area contributed by atoms with Crippen LogP contribution in [0.1, 0.15) is 16.1 Å². The van der Waals surface area contributed by atoms with Crippen LogP contribution in [0.5, 0.6) is 0 Å². The van der Waals surface area contributed by atoms with Crippen LogP contribution in [0.2, 0.25) is 15.1 Å². The highest BCUT2D eigenvalue weighted by molar-refractivity contribution is 9.10. The minimum atomic E-state index is -0.659. The molecule has 0 atom stereocenters. The number of hydrogen-bond donors (Lipinski definition) is 0. The molecule has 3 nitrogen and oxygen atoms in total. The molecule has 2 rings (SSSR count). The van der Waals surface area contributed by atoms with Crippen molar-refractivity contribution in [2.75, 3.05) is 0 Å². The van der Waals surface area contributed by atoms with Crippen LogP contribution in [0.15, 0.2) is 34.9 Å². The van der Waals surface area contributed by atoms with E-state index in [-0.39, 0.29) is 27.4 Å². The van der Waals surface area contributed by atoms with Gasteiger partial charge in [-0.2, -0.15) is 0 Å². The maximum atomic E-state index is 11.9. The van der Waals surface area contributed by atoms with Crippen molar-refractivity contribution in [3.05, 3.63) is 61.3 Å². The van der Waals surface area contributed by atoms with Gasteiger partial charge in [-0.15, -0.1) is 0 Å². The molecule has 1 aromatic heterocycles. The standard InChI is InChI=1S/C13H7BrCl3NO2/c14-8-3-1-2-7(4-8)6-20-13(19)12-11(17)10(16)9(15)5-18-12/h1-5H,6H2. The van der Waals surface area contributed by atoms with Gasteiger partial charge < -0.3 is 4.74 Å². The quantitative estimate of drug-likeness (QED) is 0.674. The molecule has 2 aromatic rings. The van der Waals surface area contributed by atoms with Gasteiger partial charge in [0.05, 0.1) is 15.1 Å². The van der Waals surface area contributed by atoms with Gasteiger partial charge in [0.2, 0.25) is 0 Å². The number of benzene rings is 1. The molecular weight excluding hydrogens is 388 g/mol. The van der Waals surface area contributed by atoms with Gasteiger partial charge in [0.25, 0.3) is 0 Å². The van der Waals surface area contributed by atoms with Crippen LogP contribution in [-0.4, -0.2) is 11.0 Å². The lowest BCUT2D eigenvalue weighted by atomic mass is 10.2. The molecule has 0 aliphatic rings. The van der Waals surface area contributed by atoms with E-state index in [9.17, 15) is 4.79 Å². The number of halogens is 4. The van der Waals surface area contributed by atoms with Crippen molar-refractivity contribution in [2.45, 2.75) is 6.61 Å². The third-order valence-electron chi connectivity index (χ3n) is 2.37. The van der Waals surface area contributed by atoms with E-state index >= 15 is 0 Å². The molecule has 7 heteroatoms. The van der Waals surface area contributed by atoms with E-state index in [4.69, 9.17) is 39.5 Å². The highest BCUT2D eigenvalue weighted by Crippen LogP contribution is 2.31. The van der Waals surface area contributed by atoms with Crippen LogP contribution in [0.25, 0.3) is 0 Å². The first-order valence-electron chi connectivity index (χ1n) is 5.40. The topological polar surface area (TPSA) is 39.2 Å². The van der Waals surface area contributed by atoms with E-state index in [1.54, 1.807) is 0 Å². The van der Waals surface area contributed by atoms with Crippen molar-refractivity contribution < 1.29 is 9.53 Å². The van der Waals surface area contributed by atoms with Gasteiger partial charge in [-0.3, -0.25) is 0 Å². The summed E-state index contributed by atoms with van der Waals surface area (Å²) >= 11 is 20.8. The number of hydrogen-bond acceptors (Lipinski definition) is 3.